The second kappa shape index (κ2) is 8.03. The predicted octanol–water partition coefficient (Wildman–Crippen LogP) is 4.41. The second-order valence-corrected chi connectivity index (χ2v) is 5.42. The Labute approximate surface area is 132 Å². The van der Waals surface area contributed by atoms with Crippen molar-refractivity contribution in [3.8, 4) is 0 Å². The van der Waals surface area contributed by atoms with Gasteiger partial charge in [0.15, 0.2) is 0 Å². The van der Waals surface area contributed by atoms with Crippen molar-refractivity contribution in [1.29, 1.82) is 0 Å². The number of nitrogens with one attached hydrogen (secondary N) is 2. The number of rotatable bonds is 6. The van der Waals surface area contributed by atoms with E-state index in [-0.39, 0.29) is 11.8 Å². The van der Waals surface area contributed by atoms with Crippen LogP contribution in [0.25, 0.3) is 6.08 Å². The number of amides is 1. The Balaban J connectivity index is 1.81. The first-order valence-corrected chi connectivity index (χ1v) is 7.51. The summed E-state index contributed by atoms with van der Waals surface area (Å²) in [7, 11) is 0. The number of carbonyl (C=O) groups excluding carboxylic acids is 1. The maximum Gasteiger partial charge on any atom is 0.226 e. The summed E-state index contributed by atoms with van der Waals surface area (Å²) >= 11 is 0. The Kier molecular flexibility index (Phi) is 5.78. The second-order valence-electron chi connectivity index (χ2n) is 5.42. The quantitative estimate of drug-likeness (QED) is 0.828. The summed E-state index contributed by atoms with van der Waals surface area (Å²) in [4.78, 5) is 11.6. The van der Waals surface area contributed by atoms with Crippen LogP contribution in [0.15, 0.2) is 60.7 Å². The molecule has 2 aromatic rings. The van der Waals surface area contributed by atoms with Gasteiger partial charge in [0, 0.05) is 23.8 Å². The van der Waals surface area contributed by atoms with E-state index in [0.717, 1.165) is 17.9 Å². The summed E-state index contributed by atoms with van der Waals surface area (Å²) in [5.41, 5.74) is 3.04. The lowest BCUT2D eigenvalue weighted by Crippen LogP contribution is -2.17. The summed E-state index contributed by atoms with van der Waals surface area (Å²) in [6.45, 7) is 4.52. The zero-order chi connectivity index (χ0) is 15.8. The van der Waals surface area contributed by atoms with E-state index in [9.17, 15) is 4.79 Å². The molecule has 0 radical (unpaired) electrons. The maximum absolute atomic E-state index is 11.6. The van der Waals surface area contributed by atoms with Crippen LogP contribution >= 0.6 is 0 Å². The molecule has 3 nitrogen and oxygen atoms in total. The molecule has 0 aliphatic rings. The van der Waals surface area contributed by atoms with E-state index in [2.05, 4.69) is 34.9 Å². The molecule has 0 aromatic heterocycles. The molecule has 2 N–H and O–H groups in total. The lowest BCUT2D eigenvalue weighted by atomic mass is 10.2. The van der Waals surface area contributed by atoms with E-state index in [1.54, 1.807) is 0 Å². The van der Waals surface area contributed by atoms with E-state index < -0.39 is 0 Å². The average molecular weight is 294 g/mol. The van der Waals surface area contributed by atoms with Gasteiger partial charge in [0.1, 0.15) is 0 Å². The number of hydrogen-bond acceptors (Lipinski definition) is 2. The van der Waals surface area contributed by atoms with Gasteiger partial charge in [-0.3, -0.25) is 4.79 Å². The SMILES string of the molecule is CC(C)C(=O)Nc1ccc(NC/C=C/c2ccccc2)cc1. The van der Waals surface area contributed by atoms with Gasteiger partial charge in [-0.2, -0.15) is 0 Å². The summed E-state index contributed by atoms with van der Waals surface area (Å²) in [6, 6.07) is 17.9. The molecular weight excluding hydrogens is 272 g/mol. The van der Waals surface area contributed by atoms with Crippen molar-refractivity contribution in [3.63, 3.8) is 0 Å². The third kappa shape index (κ3) is 5.09. The Morgan fingerprint density at radius 3 is 2.27 bits per heavy atom. The van der Waals surface area contributed by atoms with Gasteiger partial charge in [0.05, 0.1) is 0 Å². The van der Waals surface area contributed by atoms with E-state index in [0.29, 0.717) is 0 Å². The summed E-state index contributed by atoms with van der Waals surface area (Å²) in [5, 5.41) is 6.20. The molecule has 22 heavy (non-hydrogen) atoms. The minimum Gasteiger partial charge on any atom is -0.382 e. The maximum atomic E-state index is 11.6. The van der Waals surface area contributed by atoms with Crippen molar-refractivity contribution in [3.05, 3.63) is 66.2 Å². The topological polar surface area (TPSA) is 41.1 Å². The zero-order valence-electron chi connectivity index (χ0n) is 13.0. The van der Waals surface area contributed by atoms with Gasteiger partial charge in [-0.1, -0.05) is 56.3 Å². The Morgan fingerprint density at radius 2 is 1.64 bits per heavy atom. The molecule has 0 heterocycles. The van der Waals surface area contributed by atoms with Crippen molar-refractivity contribution >= 4 is 23.4 Å². The van der Waals surface area contributed by atoms with E-state index >= 15 is 0 Å². The van der Waals surface area contributed by atoms with Crippen LogP contribution in [-0.2, 0) is 4.79 Å². The average Bonchev–Trinajstić information content (AvgIpc) is 2.54. The highest BCUT2D eigenvalue weighted by molar-refractivity contribution is 5.92. The van der Waals surface area contributed by atoms with E-state index in [1.165, 1.54) is 5.56 Å². The molecule has 2 aromatic carbocycles. The first-order chi connectivity index (χ1) is 10.6. The number of anilines is 2. The molecule has 0 bridgehead atoms. The highest BCUT2D eigenvalue weighted by Gasteiger charge is 2.06. The van der Waals surface area contributed by atoms with Gasteiger partial charge in [-0.25, -0.2) is 0 Å². The molecule has 0 saturated heterocycles. The van der Waals surface area contributed by atoms with E-state index in [4.69, 9.17) is 0 Å². The van der Waals surface area contributed by atoms with Gasteiger partial charge >= 0.3 is 0 Å². The van der Waals surface area contributed by atoms with Crippen LogP contribution in [0.4, 0.5) is 11.4 Å². The normalized spacial score (nSPS) is 10.9. The van der Waals surface area contributed by atoms with Crippen LogP contribution in [0.5, 0.6) is 0 Å². The Hall–Kier alpha value is -2.55. The molecule has 0 saturated carbocycles. The molecule has 0 fully saturated rings. The minimum absolute atomic E-state index is 0.0130. The molecule has 3 heteroatoms. The number of hydrogen-bond donors (Lipinski definition) is 2. The van der Waals surface area contributed by atoms with Gasteiger partial charge in [-0.15, -0.1) is 0 Å². The Morgan fingerprint density at radius 1 is 1.00 bits per heavy atom. The smallest absolute Gasteiger partial charge is 0.226 e. The van der Waals surface area contributed by atoms with Crippen LogP contribution < -0.4 is 10.6 Å². The van der Waals surface area contributed by atoms with Crippen LogP contribution in [0.2, 0.25) is 0 Å². The Bertz CT molecular complexity index is 616. The highest BCUT2D eigenvalue weighted by atomic mass is 16.1. The molecule has 0 spiro atoms. The first-order valence-electron chi connectivity index (χ1n) is 7.51. The predicted molar refractivity (Wildman–Crippen MR) is 93.9 cm³/mol. The van der Waals surface area contributed by atoms with Crippen molar-refractivity contribution in [2.24, 2.45) is 5.92 Å². The summed E-state index contributed by atoms with van der Waals surface area (Å²) < 4.78 is 0. The summed E-state index contributed by atoms with van der Waals surface area (Å²) in [5.74, 6) is 0.0208. The fraction of sp³-hybridized carbons (Fsp3) is 0.211. The third-order valence-corrected chi connectivity index (χ3v) is 3.21. The van der Waals surface area contributed by atoms with Crippen LogP contribution in [0.3, 0.4) is 0 Å². The molecule has 2 rings (SSSR count). The molecule has 1 amide bonds. The van der Waals surface area contributed by atoms with Crippen LogP contribution in [-0.4, -0.2) is 12.5 Å². The number of benzene rings is 2. The minimum atomic E-state index is -0.0130. The van der Waals surface area contributed by atoms with Gasteiger partial charge in [0.2, 0.25) is 5.91 Å². The van der Waals surface area contributed by atoms with Crippen molar-refractivity contribution in [1.82, 2.24) is 0 Å². The lowest BCUT2D eigenvalue weighted by molar-refractivity contribution is -0.118. The summed E-state index contributed by atoms with van der Waals surface area (Å²) in [6.07, 6.45) is 4.17. The lowest BCUT2D eigenvalue weighted by Gasteiger charge is -2.09. The van der Waals surface area contributed by atoms with Gasteiger partial charge < -0.3 is 10.6 Å². The fourth-order valence-corrected chi connectivity index (χ4v) is 1.89. The number of carbonyl (C=O) groups is 1. The van der Waals surface area contributed by atoms with E-state index in [1.807, 2.05) is 56.3 Å². The molecule has 0 aliphatic heterocycles. The van der Waals surface area contributed by atoms with Gasteiger partial charge in [-0.05, 0) is 29.8 Å². The standard InChI is InChI=1S/C19H22N2O/c1-15(2)19(22)21-18-12-10-17(11-13-18)20-14-6-9-16-7-4-3-5-8-16/h3-13,15,20H,14H2,1-2H3,(H,21,22)/b9-6+. The van der Waals surface area contributed by atoms with Crippen LogP contribution in [0.1, 0.15) is 19.4 Å². The molecule has 0 aliphatic carbocycles. The first kappa shape index (κ1) is 15.8. The van der Waals surface area contributed by atoms with Gasteiger partial charge in [0.25, 0.3) is 0 Å². The molecule has 0 atom stereocenters. The zero-order valence-corrected chi connectivity index (χ0v) is 13.0. The van der Waals surface area contributed by atoms with Crippen molar-refractivity contribution < 1.29 is 4.79 Å². The third-order valence-electron chi connectivity index (χ3n) is 3.21. The largest absolute Gasteiger partial charge is 0.382 e. The van der Waals surface area contributed by atoms with Crippen LogP contribution in [0, 0.1) is 5.92 Å². The molecule has 0 unspecified atom stereocenters. The fourth-order valence-electron chi connectivity index (χ4n) is 1.89. The van der Waals surface area contributed by atoms with Crippen molar-refractivity contribution in [2.45, 2.75) is 13.8 Å². The monoisotopic (exact) mass is 294 g/mol. The highest BCUT2D eigenvalue weighted by Crippen LogP contribution is 2.14. The van der Waals surface area contributed by atoms with Crippen molar-refractivity contribution in [2.75, 3.05) is 17.2 Å². The molecule has 114 valence electrons. The molecular formula is C19H22N2O.